The van der Waals surface area contributed by atoms with Gasteiger partial charge in [-0.05, 0) is 37.3 Å². The van der Waals surface area contributed by atoms with Gasteiger partial charge in [-0.25, -0.2) is 4.79 Å². The van der Waals surface area contributed by atoms with E-state index in [1.54, 1.807) is 12.1 Å². The predicted octanol–water partition coefficient (Wildman–Crippen LogP) is 4.76. The molecule has 0 spiro atoms. The second-order valence-corrected chi connectivity index (χ2v) is 5.06. The number of carboxylic acids is 1. The minimum atomic E-state index is -1.07. The SMILES string of the molecule is Cc1ccc2c(-c3ccc(Cl)cc3)oc(C(=O)O)c2c1. The molecule has 4 heteroatoms. The van der Waals surface area contributed by atoms with Crippen LogP contribution in [0.15, 0.2) is 46.9 Å². The molecule has 0 aliphatic rings. The molecule has 0 aliphatic carbocycles. The molecule has 0 bridgehead atoms. The maximum atomic E-state index is 11.3. The lowest BCUT2D eigenvalue weighted by Gasteiger charge is -1.98. The topological polar surface area (TPSA) is 50.4 Å². The van der Waals surface area contributed by atoms with Crippen LogP contribution in [0.2, 0.25) is 5.02 Å². The highest BCUT2D eigenvalue weighted by molar-refractivity contribution is 6.30. The molecule has 0 atom stereocenters. The zero-order valence-corrected chi connectivity index (χ0v) is 11.4. The third-order valence-corrected chi connectivity index (χ3v) is 3.42. The minimum Gasteiger partial charge on any atom is -0.475 e. The van der Waals surface area contributed by atoms with Crippen molar-refractivity contribution in [3.8, 4) is 11.3 Å². The van der Waals surface area contributed by atoms with Crippen LogP contribution in [0.5, 0.6) is 0 Å². The van der Waals surface area contributed by atoms with Gasteiger partial charge >= 0.3 is 5.97 Å². The molecular formula is C16H11ClO3. The first kappa shape index (κ1) is 12.8. The van der Waals surface area contributed by atoms with Gasteiger partial charge < -0.3 is 9.52 Å². The van der Waals surface area contributed by atoms with Crippen molar-refractivity contribution in [2.24, 2.45) is 0 Å². The van der Waals surface area contributed by atoms with Crippen molar-refractivity contribution in [3.05, 3.63) is 58.8 Å². The summed E-state index contributed by atoms with van der Waals surface area (Å²) in [4.78, 5) is 11.3. The lowest BCUT2D eigenvalue weighted by molar-refractivity contribution is 0.0666. The van der Waals surface area contributed by atoms with Crippen molar-refractivity contribution >= 4 is 28.3 Å². The first-order chi connectivity index (χ1) is 9.56. The van der Waals surface area contributed by atoms with Gasteiger partial charge in [0.25, 0.3) is 0 Å². The molecule has 0 fully saturated rings. The Morgan fingerprint density at radius 3 is 2.45 bits per heavy atom. The predicted molar refractivity (Wildman–Crippen MR) is 78.4 cm³/mol. The van der Waals surface area contributed by atoms with E-state index < -0.39 is 5.97 Å². The average molecular weight is 287 g/mol. The van der Waals surface area contributed by atoms with Gasteiger partial charge in [0.05, 0.1) is 0 Å². The van der Waals surface area contributed by atoms with E-state index in [0.29, 0.717) is 16.2 Å². The van der Waals surface area contributed by atoms with Crippen LogP contribution in [-0.4, -0.2) is 11.1 Å². The number of hydrogen-bond donors (Lipinski definition) is 1. The van der Waals surface area contributed by atoms with Crippen molar-refractivity contribution in [1.82, 2.24) is 0 Å². The standard InChI is InChI=1S/C16H11ClO3/c1-9-2-7-12-13(8-9)15(16(18)19)20-14(12)10-3-5-11(17)6-4-10/h2-8H,1H3,(H,18,19). The lowest BCUT2D eigenvalue weighted by atomic mass is 10.0. The zero-order chi connectivity index (χ0) is 14.3. The van der Waals surface area contributed by atoms with E-state index in [1.165, 1.54) is 0 Å². The number of rotatable bonds is 2. The summed E-state index contributed by atoms with van der Waals surface area (Å²) in [7, 11) is 0. The summed E-state index contributed by atoms with van der Waals surface area (Å²) in [5, 5.41) is 11.3. The Morgan fingerprint density at radius 2 is 1.80 bits per heavy atom. The minimum absolute atomic E-state index is 0.0337. The van der Waals surface area contributed by atoms with Crippen LogP contribution in [0.25, 0.3) is 22.1 Å². The maximum absolute atomic E-state index is 11.3. The molecule has 1 heterocycles. The molecule has 0 saturated carbocycles. The van der Waals surface area contributed by atoms with Gasteiger partial charge in [0.1, 0.15) is 5.76 Å². The van der Waals surface area contributed by atoms with Crippen molar-refractivity contribution in [3.63, 3.8) is 0 Å². The van der Waals surface area contributed by atoms with E-state index in [4.69, 9.17) is 16.0 Å². The molecule has 1 aromatic heterocycles. The second-order valence-electron chi connectivity index (χ2n) is 4.62. The fourth-order valence-corrected chi connectivity index (χ4v) is 2.36. The fraction of sp³-hybridized carbons (Fsp3) is 0.0625. The number of furan rings is 1. The molecule has 2 aromatic carbocycles. The molecule has 0 radical (unpaired) electrons. The molecular weight excluding hydrogens is 276 g/mol. The Morgan fingerprint density at radius 1 is 1.10 bits per heavy atom. The largest absolute Gasteiger partial charge is 0.475 e. The summed E-state index contributed by atoms with van der Waals surface area (Å²) in [6.45, 7) is 1.92. The normalized spacial score (nSPS) is 10.9. The summed E-state index contributed by atoms with van der Waals surface area (Å²) in [6, 6.07) is 12.8. The fourth-order valence-electron chi connectivity index (χ4n) is 2.23. The average Bonchev–Trinajstić information content (AvgIpc) is 2.78. The lowest BCUT2D eigenvalue weighted by Crippen LogP contribution is -1.93. The number of hydrogen-bond acceptors (Lipinski definition) is 2. The molecule has 0 unspecified atom stereocenters. The zero-order valence-electron chi connectivity index (χ0n) is 10.7. The number of aromatic carboxylic acids is 1. The van der Waals surface area contributed by atoms with Crippen molar-refractivity contribution < 1.29 is 14.3 Å². The van der Waals surface area contributed by atoms with E-state index in [2.05, 4.69) is 0 Å². The molecule has 3 nitrogen and oxygen atoms in total. The van der Waals surface area contributed by atoms with Crippen LogP contribution < -0.4 is 0 Å². The van der Waals surface area contributed by atoms with Crippen LogP contribution in [0.3, 0.4) is 0 Å². The van der Waals surface area contributed by atoms with E-state index in [1.807, 2.05) is 37.3 Å². The molecule has 1 N–H and O–H groups in total. The van der Waals surface area contributed by atoms with E-state index in [-0.39, 0.29) is 5.76 Å². The second kappa shape index (κ2) is 4.69. The van der Waals surface area contributed by atoms with E-state index in [0.717, 1.165) is 16.5 Å². The van der Waals surface area contributed by atoms with Crippen LogP contribution in [0, 0.1) is 6.92 Å². The summed E-state index contributed by atoms with van der Waals surface area (Å²) in [6.07, 6.45) is 0. The monoisotopic (exact) mass is 286 g/mol. The first-order valence-electron chi connectivity index (χ1n) is 6.08. The van der Waals surface area contributed by atoms with Gasteiger partial charge in [-0.3, -0.25) is 0 Å². The summed E-state index contributed by atoms with van der Waals surface area (Å²) in [5.41, 5.74) is 1.79. The smallest absolute Gasteiger partial charge is 0.372 e. The van der Waals surface area contributed by atoms with Crippen molar-refractivity contribution in [2.45, 2.75) is 6.92 Å². The highest BCUT2D eigenvalue weighted by atomic mass is 35.5. The number of aryl methyl sites for hydroxylation is 1. The van der Waals surface area contributed by atoms with Crippen LogP contribution in [0.1, 0.15) is 16.1 Å². The van der Waals surface area contributed by atoms with Crippen LogP contribution in [-0.2, 0) is 0 Å². The molecule has 20 heavy (non-hydrogen) atoms. The molecule has 0 amide bonds. The third kappa shape index (κ3) is 2.06. The Hall–Kier alpha value is -2.26. The Kier molecular flexibility index (Phi) is 2.99. The number of fused-ring (bicyclic) bond motifs is 1. The van der Waals surface area contributed by atoms with Gasteiger partial charge in [-0.1, -0.05) is 29.3 Å². The molecule has 3 aromatic rings. The van der Waals surface area contributed by atoms with E-state index in [9.17, 15) is 9.90 Å². The Bertz CT molecular complexity index is 800. The maximum Gasteiger partial charge on any atom is 0.372 e. The quantitative estimate of drug-likeness (QED) is 0.739. The van der Waals surface area contributed by atoms with Gasteiger partial charge in [0, 0.05) is 21.4 Å². The third-order valence-electron chi connectivity index (χ3n) is 3.17. The van der Waals surface area contributed by atoms with Gasteiger partial charge in [0.15, 0.2) is 0 Å². The molecule has 100 valence electrons. The summed E-state index contributed by atoms with van der Waals surface area (Å²) >= 11 is 5.87. The first-order valence-corrected chi connectivity index (χ1v) is 6.46. The highest BCUT2D eigenvalue weighted by Gasteiger charge is 2.19. The number of carbonyl (C=O) groups is 1. The summed E-state index contributed by atoms with van der Waals surface area (Å²) in [5.74, 6) is -0.552. The molecule has 0 saturated heterocycles. The summed E-state index contributed by atoms with van der Waals surface area (Å²) < 4.78 is 5.56. The van der Waals surface area contributed by atoms with E-state index >= 15 is 0 Å². The van der Waals surface area contributed by atoms with Gasteiger partial charge in [-0.2, -0.15) is 0 Å². The number of carboxylic acid groups (broad SMARTS) is 1. The van der Waals surface area contributed by atoms with Gasteiger partial charge in [0.2, 0.25) is 5.76 Å². The Balaban J connectivity index is 2.31. The van der Waals surface area contributed by atoms with Crippen molar-refractivity contribution in [1.29, 1.82) is 0 Å². The van der Waals surface area contributed by atoms with Gasteiger partial charge in [-0.15, -0.1) is 0 Å². The number of benzene rings is 2. The molecule has 0 aliphatic heterocycles. The van der Waals surface area contributed by atoms with Crippen LogP contribution in [0.4, 0.5) is 0 Å². The molecule has 3 rings (SSSR count). The van der Waals surface area contributed by atoms with Crippen LogP contribution >= 0.6 is 11.6 Å². The highest BCUT2D eigenvalue weighted by Crippen LogP contribution is 2.34. The number of halogens is 1. The Labute approximate surface area is 120 Å². The van der Waals surface area contributed by atoms with Crippen molar-refractivity contribution in [2.75, 3.05) is 0 Å².